The second-order valence-corrected chi connectivity index (χ2v) is 8.40. The minimum atomic E-state index is -0.645. The molecule has 0 N–H and O–H groups in total. The van der Waals surface area contributed by atoms with Crippen molar-refractivity contribution in [2.45, 2.75) is 54.8 Å². The molecule has 5 nitrogen and oxygen atoms in total. The molecule has 0 spiro atoms. The van der Waals surface area contributed by atoms with Crippen LogP contribution in [0.25, 0.3) is 10.2 Å². The maximum Gasteiger partial charge on any atom is 0.236 e. The molecule has 1 atom stereocenters. The van der Waals surface area contributed by atoms with Crippen LogP contribution in [-0.4, -0.2) is 38.6 Å². The van der Waals surface area contributed by atoms with Gasteiger partial charge in [0.05, 0.1) is 11.3 Å². The maximum absolute atomic E-state index is 12.9. The van der Waals surface area contributed by atoms with Crippen molar-refractivity contribution in [1.29, 1.82) is 5.26 Å². The molecular formula is C17H20N4OS2. The van der Waals surface area contributed by atoms with Crippen molar-refractivity contribution in [2.24, 2.45) is 0 Å². The predicted octanol–water partition coefficient (Wildman–Crippen LogP) is 3.86. The van der Waals surface area contributed by atoms with Gasteiger partial charge in [0.15, 0.2) is 0 Å². The molecule has 0 aliphatic heterocycles. The van der Waals surface area contributed by atoms with Crippen LogP contribution in [0.5, 0.6) is 0 Å². The number of fused-ring (bicyclic) bond motifs is 1. The van der Waals surface area contributed by atoms with Crippen LogP contribution in [0.4, 0.5) is 0 Å². The van der Waals surface area contributed by atoms with E-state index in [0.717, 1.165) is 47.3 Å². The highest BCUT2D eigenvalue weighted by atomic mass is 32.2. The van der Waals surface area contributed by atoms with Crippen LogP contribution in [0.3, 0.4) is 0 Å². The summed E-state index contributed by atoms with van der Waals surface area (Å²) in [5.41, 5.74) is -0.645. The lowest BCUT2D eigenvalue weighted by molar-refractivity contribution is -0.133. The molecule has 0 bridgehead atoms. The van der Waals surface area contributed by atoms with Gasteiger partial charge in [0.1, 0.15) is 21.7 Å². The van der Waals surface area contributed by atoms with Gasteiger partial charge in [-0.3, -0.25) is 4.79 Å². The van der Waals surface area contributed by atoms with E-state index in [9.17, 15) is 10.1 Å². The molecule has 1 amide bonds. The summed E-state index contributed by atoms with van der Waals surface area (Å²) >= 11 is 3.01. The van der Waals surface area contributed by atoms with Crippen molar-refractivity contribution in [3.05, 3.63) is 17.8 Å². The van der Waals surface area contributed by atoms with Crippen molar-refractivity contribution in [1.82, 2.24) is 14.9 Å². The van der Waals surface area contributed by atoms with Crippen LogP contribution in [-0.2, 0) is 4.79 Å². The van der Waals surface area contributed by atoms with Gasteiger partial charge in [0.25, 0.3) is 0 Å². The van der Waals surface area contributed by atoms with Gasteiger partial charge in [0.2, 0.25) is 5.91 Å². The Hall–Kier alpha value is -1.65. The molecule has 0 saturated heterocycles. The summed E-state index contributed by atoms with van der Waals surface area (Å²) in [7, 11) is 1.77. The third kappa shape index (κ3) is 3.13. The van der Waals surface area contributed by atoms with Gasteiger partial charge in [0, 0.05) is 12.4 Å². The first-order valence-electron chi connectivity index (χ1n) is 8.11. The third-order valence-corrected chi connectivity index (χ3v) is 6.65. The normalized spacial score (nSPS) is 18.0. The molecule has 1 aliphatic rings. The Balaban J connectivity index is 1.77. The number of hydrogen-bond donors (Lipinski definition) is 0. The van der Waals surface area contributed by atoms with E-state index >= 15 is 0 Å². The van der Waals surface area contributed by atoms with Gasteiger partial charge < -0.3 is 4.90 Å². The predicted molar refractivity (Wildman–Crippen MR) is 96.9 cm³/mol. The fraction of sp³-hybridized carbons (Fsp3) is 0.529. The van der Waals surface area contributed by atoms with Gasteiger partial charge >= 0.3 is 0 Å². The molecule has 0 radical (unpaired) electrons. The first-order chi connectivity index (χ1) is 11.6. The summed E-state index contributed by atoms with van der Waals surface area (Å²) in [5, 5.41) is 13.2. The zero-order valence-electron chi connectivity index (χ0n) is 13.9. The number of thiophene rings is 1. The van der Waals surface area contributed by atoms with Gasteiger partial charge in [-0.25, -0.2) is 9.97 Å². The van der Waals surface area contributed by atoms with Crippen molar-refractivity contribution in [3.63, 3.8) is 0 Å². The number of rotatable bonds is 4. The molecule has 2 aromatic heterocycles. The summed E-state index contributed by atoms with van der Waals surface area (Å²) < 4.78 is 0. The van der Waals surface area contributed by atoms with E-state index in [0.29, 0.717) is 0 Å². The van der Waals surface area contributed by atoms with Crippen molar-refractivity contribution in [3.8, 4) is 6.07 Å². The van der Waals surface area contributed by atoms with Crippen molar-refractivity contribution >= 4 is 39.2 Å². The summed E-state index contributed by atoms with van der Waals surface area (Å²) in [6.07, 6.45) is 6.24. The summed E-state index contributed by atoms with van der Waals surface area (Å²) in [4.78, 5) is 24.1. The summed E-state index contributed by atoms with van der Waals surface area (Å²) in [6.45, 7) is 1.89. The number of aromatic nitrogens is 2. The zero-order valence-corrected chi connectivity index (χ0v) is 15.5. The number of nitriles is 1. The van der Waals surface area contributed by atoms with Gasteiger partial charge in [-0.15, -0.1) is 11.3 Å². The summed E-state index contributed by atoms with van der Waals surface area (Å²) in [6, 6.07) is 4.40. The second kappa shape index (κ2) is 7.08. The van der Waals surface area contributed by atoms with Crippen LogP contribution < -0.4 is 0 Å². The Morgan fingerprint density at radius 2 is 2.17 bits per heavy atom. The van der Waals surface area contributed by atoms with Crippen LogP contribution in [0, 0.1) is 11.3 Å². The topological polar surface area (TPSA) is 69.9 Å². The highest BCUT2D eigenvalue weighted by Crippen LogP contribution is 2.35. The summed E-state index contributed by atoms with van der Waals surface area (Å²) in [5.74, 6) is -0.00885. The van der Waals surface area contributed by atoms with Gasteiger partial charge in [-0.05, 0) is 31.2 Å². The number of hydrogen-bond acceptors (Lipinski definition) is 6. The van der Waals surface area contributed by atoms with E-state index in [4.69, 9.17) is 0 Å². The highest BCUT2D eigenvalue weighted by Gasteiger charge is 2.40. The molecule has 1 saturated carbocycles. The molecule has 1 aliphatic carbocycles. The number of nitrogens with zero attached hydrogens (tertiary/aromatic N) is 4. The Labute approximate surface area is 150 Å². The fourth-order valence-electron chi connectivity index (χ4n) is 3.22. The molecule has 2 aromatic rings. The molecule has 24 heavy (non-hydrogen) atoms. The molecule has 0 aromatic carbocycles. The van der Waals surface area contributed by atoms with Crippen molar-refractivity contribution < 1.29 is 4.79 Å². The number of carbonyl (C=O) groups excluding carboxylic acids is 1. The average Bonchev–Trinajstić information content (AvgIpc) is 3.10. The number of amides is 1. The van der Waals surface area contributed by atoms with Crippen LogP contribution in [0.15, 0.2) is 22.8 Å². The Morgan fingerprint density at radius 1 is 1.42 bits per heavy atom. The van der Waals surface area contributed by atoms with E-state index in [-0.39, 0.29) is 11.2 Å². The Bertz CT molecular complexity index is 776. The minimum Gasteiger partial charge on any atom is -0.326 e. The Kier molecular flexibility index (Phi) is 5.07. The van der Waals surface area contributed by atoms with Gasteiger partial charge in [-0.1, -0.05) is 31.0 Å². The molecule has 7 heteroatoms. The standard InChI is InChI=1S/C17H20N4OS2/c1-12(24-15-13-6-9-23-14(13)19-11-20-15)16(22)21(2)17(10-18)7-4-3-5-8-17/h6,9,11-12H,3-5,7-8H2,1-2H3/t12-/m0/s1. The van der Waals surface area contributed by atoms with E-state index in [2.05, 4.69) is 16.0 Å². The molecule has 3 rings (SSSR count). The minimum absolute atomic E-state index is 0.00885. The molecule has 1 fully saturated rings. The molecule has 0 unspecified atom stereocenters. The lowest BCUT2D eigenvalue weighted by Crippen LogP contribution is -2.52. The van der Waals surface area contributed by atoms with E-state index in [1.165, 1.54) is 11.8 Å². The second-order valence-electron chi connectivity index (χ2n) is 6.18. The Morgan fingerprint density at radius 3 is 2.88 bits per heavy atom. The lowest BCUT2D eigenvalue weighted by atomic mass is 9.81. The largest absolute Gasteiger partial charge is 0.326 e. The lowest BCUT2D eigenvalue weighted by Gasteiger charge is -2.40. The number of carbonyl (C=O) groups is 1. The molecular weight excluding hydrogens is 340 g/mol. The van der Waals surface area contributed by atoms with Crippen LogP contribution >= 0.6 is 23.1 Å². The SMILES string of the molecule is C[C@H](Sc1ncnc2sccc12)C(=O)N(C)C1(C#N)CCCCC1. The first-order valence-corrected chi connectivity index (χ1v) is 9.87. The highest BCUT2D eigenvalue weighted by molar-refractivity contribution is 8.00. The molecule has 126 valence electrons. The number of thioether (sulfide) groups is 1. The van der Waals surface area contributed by atoms with Crippen LogP contribution in [0.2, 0.25) is 0 Å². The van der Waals surface area contributed by atoms with Gasteiger partial charge in [-0.2, -0.15) is 5.26 Å². The van der Waals surface area contributed by atoms with Crippen LogP contribution in [0.1, 0.15) is 39.0 Å². The third-order valence-electron chi connectivity index (χ3n) is 4.72. The van der Waals surface area contributed by atoms with Crippen molar-refractivity contribution in [2.75, 3.05) is 7.05 Å². The quantitative estimate of drug-likeness (QED) is 0.612. The smallest absolute Gasteiger partial charge is 0.236 e. The van der Waals surface area contributed by atoms with E-state index in [1.54, 1.807) is 29.6 Å². The van der Waals surface area contributed by atoms with E-state index in [1.807, 2.05) is 18.4 Å². The zero-order chi connectivity index (χ0) is 17.2. The first kappa shape index (κ1) is 17.2. The molecule has 2 heterocycles. The fourth-order valence-corrected chi connectivity index (χ4v) is 5.01. The average molecular weight is 361 g/mol. The maximum atomic E-state index is 12.9. The van der Waals surface area contributed by atoms with E-state index < -0.39 is 5.54 Å². The monoisotopic (exact) mass is 360 g/mol.